The number of hydrogen-bond acceptors (Lipinski definition) is 4. The second-order valence-corrected chi connectivity index (χ2v) is 8.35. The van der Waals surface area contributed by atoms with E-state index in [2.05, 4.69) is 10.0 Å². The van der Waals surface area contributed by atoms with Crippen LogP contribution in [0.3, 0.4) is 0 Å². The van der Waals surface area contributed by atoms with Gasteiger partial charge in [0.2, 0.25) is 10.0 Å². The van der Waals surface area contributed by atoms with Crippen LogP contribution in [0.25, 0.3) is 0 Å². The molecule has 6 nitrogen and oxygen atoms in total. The van der Waals surface area contributed by atoms with Gasteiger partial charge in [0.05, 0.1) is 5.75 Å². The van der Waals surface area contributed by atoms with Crippen LogP contribution in [0.5, 0.6) is 0 Å². The minimum Gasteiger partial charge on any atom is -0.444 e. The van der Waals surface area contributed by atoms with Crippen molar-refractivity contribution >= 4 is 16.1 Å². The lowest BCUT2D eigenvalue weighted by Gasteiger charge is -2.26. The summed E-state index contributed by atoms with van der Waals surface area (Å²) >= 11 is 0. The van der Waals surface area contributed by atoms with Crippen LogP contribution in [0.4, 0.5) is 4.79 Å². The van der Waals surface area contributed by atoms with E-state index in [9.17, 15) is 13.2 Å². The zero-order valence-corrected chi connectivity index (χ0v) is 14.3. The maximum atomic E-state index is 11.9. The molecule has 0 bridgehead atoms. The third-order valence-corrected chi connectivity index (χ3v) is 3.95. The maximum absolute atomic E-state index is 11.9. The van der Waals surface area contributed by atoms with Crippen molar-refractivity contribution in [2.24, 2.45) is 5.92 Å². The fraction of sp³-hybridized carbons (Fsp3) is 0.923. The summed E-state index contributed by atoms with van der Waals surface area (Å²) in [6.45, 7) is 12.5. The molecule has 0 rings (SSSR count). The van der Waals surface area contributed by atoms with Gasteiger partial charge < -0.3 is 10.1 Å². The van der Waals surface area contributed by atoms with E-state index in [1.54, 1.807) is 34.6 Å². The van der Waals surface area contributed by atoms with E-state index in [-0.39, 0.29) is 17.7 Å². The first-order valence-electron chi connectivity index (χ1n) is 6.82. The van der Waals surface area contributed by atoms with Gasteiger partial charge in [-0.3, -0.25) is 0 Å². The van der Waals surface area contributed by atoms with Gasteiger partial charge in [0.1, 0.15) is 5.60 Å². The third-order valence-electron chi connectivity index (χ3n) is 2.32. The van der Waals surface area contributed by atoms with Gasteiger partial charge in [-0.2, -0.15) is 0 Å². The van der Waals surface area contributed by atoms with Gasteiger partial charge in [0, 0.05) is 12.1 Å². The van der Waals surface area contributed by atoms with Crippen LogP contribution in [0.1, 0.15) is 48.5 Å². The van der Waals surface area contributed by atoms with E-state index in [1.165, 1.54) is 0 Å². The lowest BCUT2D eigenvalue weighted by molar-refractivity contribution is 0.0497. The molecule has 0 aromatic carbocycles. The monoisotopic (exact) mass is 308 g/mol. The molecule has 0 aliphatic heterocycles. The van der Waals surface area contributed by atoms with Crippen LogP contribution in [-0.2, 0) is 14.8 Å². The Morgan fingerprint density at radius 1 is 1.15 bits per heavy atom. The van der Waals surface area contributed by atoms with Crippen molar-refractivity contribution in [1.82, 2.24) is 10.0 Å². The Morgan fingerprint density at radius 2 is 1.65 bits per heavy atom. The average Bonchev–Trinajstić information content (AvgIpc) is 2.09. The number of sulfonamides is 1. The number of ether oxygens (including phenoxy) is 1. The number of rotatable bonds is 6. The van der Waals surface area contributed by atoms with Crippen molar-refractivity contribution in [3.8, 4) is 0 Å². The van der Waals surface area contributed by atoms with Crippen molar-refractivity contribution in [3.05, 3.63) is 0 Å². The SMILES string of the molecule is CC(C)NS(=O)(=O)C[C@@H](NC(=O)OC(C)(C)C)C(C)C. The zero-order chi connectivity index (χ0) is 16.1. The van der Waals surface area contributed by atoms with Crippen molar-refractivity contribution in [1.29, 1.82) is 0 Å². The molecule has 7 heteroatoms. The van der Waals surface area contributed by atoms with E-state index in [0.29, 0.717) is 0 Å². The van der Waals surface area contributed by atoms with Gasteiger partial charge in [0.15, 0.2) is 0 Å². The molecule has 1 amide bonds. The molecule has 120 valence electrons. The summed E-state index contributed by atoms with van der Waals surface area (Å²) in [4.78, 5) is 11.7. The third kappa shape index (κ3) is 9.14. The zero-order valence-electron chi connectivity index (χ0n) is 13.5. The summed E-state index contributed by atoms with van der Waals surface area (Å²) in [5, 5.41) is 2.62. The molecule has 0 unspecified atom stereocenters. The number of carbonyl (C=O) groups is 1. The molecule has 0 aromatic heterocycles. The molecule has 20 heavy (non-hydrogen) atoms. The molecular formula is C13H28N2O4S. The molecule has 0 fully saturated rings. The molecule has 0 aromatic rings. The van der Waals surface area contributed by atoms with Gasteiger partial charge in [-0.15, -0.1) is 0 Å². The predicted octanol–water partition coefficient (Wildman–Crippen LogP) is 1.86. The van der Waals surface area contributed by atoms with Crippen LogP contribution < -0.4 is 10.0 Å². The minimum atomic E-state index is -3.43. The summed E-state index contributed by atoms with van der Waals surface area (Å²) < 4.78 is 31.5. The topological polar surface area (TPSA) is 84.5 Å². The predicted molar refractivity (Wildman–Crippen MR) is 80.1 cm³/mol. The smallest absolute Gasteiger partial charge is 0.407 e. The van der Waals surface area contributed by atoms with Crippen molar-refractivity contribution < 1.29 is 17.9 Å². The largest absolute Gasteiger partial charge is 0.444 e. The molecule has 0 aliphatic carbocycles. The fourth-order valence-electron chi connectivity index (χ4n) is 1.50. The number of nitrogens with one attached hydrogen (secondary N) is 2. The summed E-state index contributed by atoms with van der Waals surface area (Å²) in [5.41, 5.74) is -0.610. The second kappa shape index (κ2) is 7.26. The van der Waals surface area contributed by atoms with E-state index >= 15 is 0 Å². The Hall–Kier alpha value is -0.820. The molecule has 0 aliphatic rings. The van der Waals surface area contributed by atoms with E-state index in [4.69, 9.17) is 4.74 Å². The highest BCUT2D eigenvalue weighted by atomic mass is 32.2. The van der Waals surface area contributed by atoms with Gasteiger partial charge in [-0.05, 0) is 40.5 Å². The van der Waals surface area contributed by atoms with E-state index < -0.39 is 27.8 Å². The number of carbonyl (C=O) groups excluding carboxylic acids is 1. The summed E-state index contributed by atoms with van der Waals surface area (Å²) in [5.74, 6) is -0.187. The molecule has 1 atom stereocenters. The normalized spacial score (nSPS) is 14.4. The maximum Gasteiger partial charge on any atom is 0.407 e. The summed E-state index contributed by atoms with van der Waals surface area (Å²) in [7, 11) is -3.43. The molecule has 2 N–H and O–H groups in total. The number of alkyl carbamates (subject to hydrolysis) is 1. The first-order valence-corrected chi connectivity index (χ1v) is 8.47. The molecule has 0 heterocycles. The highest BCUT2D eigenvalue weighted by Gasteiger charge is 2.26. The van der Waals surface area contributed by atoms with Crippen LogP contribution >= 0.6 is 0 Å². The lowest BCUT2D eigenvalue weighted by Crippen LogP contribution is -2.48. The first kappa shape index (κ1) is 19.2. The quantitative estimate of drug-likeness (QED) is 0.784. The van der Waals surface area contributed by atoms with Crippen LogP contribution in [0.2, 0.25) is 0 Å². The van der Waals surface area contributed by atoms with Gasteiger partial charge in [-0.1, -0.05) is 13.8 Å². The molecule has 0 saturated carbocycles. The Balaban J connectivity index is 4.72. The van der Waals surface area contributed by atoms with Gasteiger partial charge in [0.25, 0.3) is 0 Å². The minimum absolute atomic E-state index is 0.0220. The first-order chi connectivity index (χ1) is 8.82. The summed E-state index contributed by atoms with van der Waals surface area (Å²) in [6, 6.07) is -0.671. The Kier molecular flexibility index (Phi) is 6.97. The Labute approximate surface area is 122 Å². The van der Waals surface area contributed by atoms with E-state index in [1.807, 2.05) is 13.8 Å². The Morgan fingerprint density at radius 3 is 2.00 bits per heavy atom. The molecular weight excluding hydrogens is 280 g/mol. The van der Waals surface area contributed by atoms with Crippen molar-refractivity contribution in [3.63, 3.8) is 0 Å². The number of hydrogen-bond donors (Lipinski definition) is 2. The highest BCUT2D eigenvalue weighted by molar-refractivity contribution is 7.89. The highest BCUT2D eigenvalue weighted by Crippen LogP contribution is 2.10. The Bertz CT molecular complexity index is 411. The number of amides is 1. The second-order valence-electron chi connectivity index (χ2n) is 6.55. The van der Waals surface area contributed by atoms with Crippen LogP contribution in [0, 0.1) is 5.92 Å². The van der Waals surface area contributed by atoms with Crippen LogP contribution in [0.15, 0.2) is 0 Å². The lowest BCUT2D eigenvalue weighted by atomic mass is 10.1. The van der Waals surface area contributed by atoms with Gasteiger partial charge >= 0.3 is 6.09 Å². The van der Waals surface area contributed by atoms with Crippen LogP contribution in [-0.4, -0.2) is 37.9 Å². The van der Waals surface area contributed by atoms with E-state index in [0.717, 1.165) is 0 Å². The molecule has 0 spiro atoms. The standard InChI is InChI=1S/C13H28N2O4S/c1-9(2)11(8-20(17,18)15-10(3)4)14-12(16)19-13(5,6)7/h9-11,15H,8H2,1-7H3,(H,14,16)/t11-/m1/s1. The molecule has 0 radical (unpaired) electrons. The summed E-state index contributed by atoms with van der Waals surface area (Å²) in [6.07, 6.45) is -0.601. The van der Waals surface area contributed by atoms with Gasteiger partial charge in [-0.25, -0.2) is 17.9 Å². The van der Waals surface area contributed by atoms with Crippen molar-refractivity contribution in [2.75, 3.05) is 5.75 Å². The molecule has 0 saturated heterocycles. The average molecular weight is 308 g/mol. The fourth-order valence-corrected chi connectivity index (χ4v) is 3.26. The van der Waals surface area contributed by atoms with Crippen molar-refractivity contribution in [2.45, 2.75) is 66.2 Å².